The Labute approximate surface area is 117 Å². The van der Waals surface area contributed by atoms with E-state index >= 15 is 0 Å². The highest BCUT2D eigenvalue weighted by Gasteiger charge is 2.35. The molecular formula is C16H19F2NO. The van der Waals surface area contributed by atoms with Gasteiger partial charge in [0, 0.05) is 24.5 Å². The maximum Gasteiger partial charge on any atom is 0.248 e. The first-order chi connectivity index (χ1) is 9.46. The van der Waals surface area contributed by atoms with Gasteiger partial charge in [-0.1, -0.05) is 30.3 Å². The number of hydrogen-bond acceptors (Lipinski definition) is 1. The van der Waals surface area contributed by atoms with Crippen LogP contribution in [0.25, 0.3) is 6.08 Å². The van der Waals surface area contributed by atoms with Gasteiger partial charge in [0.15, 0.2) is 0 Å². The third-order valence-corrected chi connectivity index (χ3v) is 3.59. The lowest BCUT2D eigenvalue weighted by atomic mass is 9.92. The second-order valence-corrected chi connectivity index (χ2v) is 5.34. The van der Waals surface area contributed by atoms with Gasteiger partial charge in [0.1, 0.15) is 0 Å². The Morgan fingerprint density at radius 2 is 1.85 bits per heavy atom. The molecule has 1 N–H and O–H groups in total. The average Bonchev–Trinajstić information content (AvgIpc) is 2.42. The molecule has 0 unspecified atom stereocenters. The van der Waals surface area contributed by atoms with E-state index in [0.717, 1.165) is 5.56 Å². The van der Waals surface area contributed by atoms with Crippen molar-refractivity contribution < 1.29 is 13.6 Å². The molecule has 1 amide bonds. The van der Waals surface area contributed by atoms with E-state index in [9.17, 15) is 13.6 Å². The second kappa shape index (κ2) is 6.16. The molecule has 0 bridgehead atoms. The molecule has 1 aliphatic rings. The first kappa shape index (κ1) is 14.7. The quantitative estimate of drug-likeness (QED) is 0.838. The Balaban J connectivity index is 1.91. The first-order valence-corrected chi connectivity index (χ1v) is 6.88. The third-order valence-electron chi connectivity index (χ3n) is 3.59. The van der Waals surface area contributed by atoms with E-state index in [4.69, 9.17) is 0 Å². The van der Waals surface area contributed by atoms with Crippen LogP contribution in [0.4, 0.5) is 8.78 Å². The van der Waals surface area contributed by atoms with Gasteiger partial charge < -0.3 is 5.32 Å². The van der Waals surface area contributed by atoms with Gasteiger partial charge in [-0.2, -0.15) is 0 Å². The van der Waals surface area contributed by atoms with Crippen LogP contribution < -0.4 is 5.32 Å². The number of halogens is 2. The number of alkyl halides is 2. The number of amides is 1. The van der Waals surface area contributed by atoms with Crippen LogP contribution in [0, 0.1) is 0 Å². The molecule has 0 saturated heterocycles. The molecule has 4 heteroatoms. The van der Waals surface area contributed by atoms with Crippen LogP contribution >= 0.6 is 0 Å². The Hall–Kier alpha value is -1.71. The maximum absolute atomic E-state index is 13.0. The normalized spacial score (nSPS) is 19.6. The SMILES string of the molecule is C/C(=C/c1ccccc1)C(=O)NC1CCC(F)(F)CC1. The Morgan fingerprint density at radius 1 is 1.25 bits per heavy atom. The largest absolute Gasteiger partial charge is 0.350 e. The lowest BCUT2D eigenvalue weighted by Gasteiger charge is -2.28. The molecule has 2 nitrogen and oxygen atoms in total. The number of benzene rings is 1. The molecule has 1 aliphatic carbocycles. The van der Waals surface area contributed by atoms with Crippen LogP contribution in [-0.2, 0) is 4.79 Å². The Kier molecular flexibility index (Phi) is 4.53. The number of nitrogens with one attached hydrogen (secondary N) is 1. The van der Waals surface area contributed by atoms with Crippen molar-refractivity contribution in [1.29, 1.82) is 0 Å². The van der Waals surface area contributed by atoms with Crippen LogP contribution in [0.5, 0.6) is 0 Å². The van der Waals surface area contributed by atoms with Crippen LogP contribution in [0.2, 0.25) is 0 Å². The molecule has 1 fully saturated rings. The third kappa shape index (κ3) is 4.15. The summed E-state index contributed by atoms with van der Waals surface area (Å²) in [5.41, 5.74) is 1.55. The second-order valence-electron chi connectivity index (χ2n) is 5.34. The minimum absolute atomic E-state index is 0.138. The molecule has 0 spiro atoms. The summed E-state index contributed by atoms with van der Waals surface area (Å²) in [6.07, 6.45) is 2.21. The highest BCUT2D eigenvalue weighted by molar-refractivity contribution is 5.97. The summed E-state index contributed by atoms with van der Waals surface area (Å²) >= 11 is 0. The number of carbonyl (C=O) groups is 1. The van der Waals surface area contributed by atoms with Crippen molar-refractivity contribution in [2.45, 2.75) is 44.6 Å². The topological polar surface area (TPSA) is 29.1 Å². The van der Waals surface area contributed by atoms with E-state index in [0.29, 0.717) is 18.4 Å². The van der Waals surface area contributed by atoms with E-state index in [1.54, 1.807) is 13.0 Å². The van der Waals surface area contributed by atoms with E-state index in [2.05, 4.69) is 5.32 Å². The molecule has 0 aromatic heterocycles. The highest BCUT2D eigenvalue weighted by atomic mass is 19.3. The minimum Gasteiger partial charge on any atom is -0.350 e. The zero-order valence-electron chi connectivity index (χ0n) is 11.5. The fourth-order valence-corrected chi connectivity index (χ4v) is 2.35. The van der Waals surface area contributed by atoms with E-state index in [-0.39, 0.29) is 24.8 Å². The van der Waals surface area contributed by atoms with Gasteiger partial charge in [0.05, 0.1) is 0 Å². The highest BCUT2D eigenvalue weighted by Crippen LogP contribution is 2.33. The minimum atomic E-state index is -2.56. The van der Waals surface area contributed by atoms with Gasteiger partial charge in [-0.3, -0.25) is 4.79 Å². The molecule has 108 valence electrons. The van der Waals surface area contributed by atoms with Crippen molar-refractivity contribution in [3.63, 3.8) is 0 Å². The average molecular weight is 279 g/mol. The maximum atomic E-state index is 13.0. The van der Waals surface area contributed by atoms with Crippen LogP contribution in [0.1, 0.15) is 38.2 Å². The molecule has 2 rings (SSSR count). The van der Waals surface area contributed by atoms with Gasteiger partial charge in [-0.15, -0.1) is 0 Å². The molecule has 0 heterocycles. The van der Waals surface area contributed by atoms with E-state index in [1.807, 2.05) is 30.3 Å². The van der Waals surface area contributed by atoms with Gasteiger partial charge in [0.2, 0.25) is 11.8 Å². The summed E-state index contributed by atoms with van der Waals surface area (Å²) in [6, 6.07) is 9.41. The standard InChI is InChI=1S/C16H19F2NO/c1-12(11-13-5-3-2-4-6-13)15(20)19-14-7-9-16(17,18)10-8-14/h2-6,11,14H,7-10H2,1H3,(H,19,20)/b12-11-. The van der Waals surface area contributed by atoms with Crippen LogP contribution in [0.15, 0.2) is 35.9 Å². The summed E-state index contributed by atoms with van der Waals surface area (Å²) in [5.74, 6) is -2.74. The van der Waals surface area contributed by atoms with Crippen molar-refractivity contribution in [3.05, 3.63) is 41.5 Å². The predicted molar refractivity (Wildman–Crippen MR) is 75.4 cm³/mol. The first-order valence-electron chi connectivity index (χ1n) is 6.88. The summed E-state index contributed by atoms with van der Waals surface area (Å²) in [5, 5.41) is 2.84. The number of hydrogen-bond donors (Lipinski definition) is 1. The lowest BCUT2D eigenvalue weighted by Crippen LogP contribution is -2.40. The summed E-state index contributed by atoms with van der Waals surface area (Å²) < 4.78 is 26.1. The molecule has 0 aliphatic heterocycles. The monoisotopic (exact) mass is 279 g/mol. The Morgan fingerprint density at radius 3 is 2.45 bits per heavy atom. The zero-order chi connectivity index (χ0) is 14.6. The molecule has 20 heavy (non-hydrogen) atoms. The van der Waals surface area contributed by atoms with E-state index in [1.165, 1.54) is 0 Å². The van der Waals surface area contributed by atoms with Crippen molar-refractivity contribution in [1.82, 2.24) is 5.32 Å². The molecule has 0 radical (unpaired) electrons. The van der Waals surface area contributed by atoms with Crippen molar-refractivity contribution in [3.8, 4) is 0 Å². The molecule has 1 saturated carbocycles. The van der Waals surface area contributed by atoms with Gasteiger partial charge in [-0.25, -0.2) is 8.78 Å². The molecule has 1 aromatic carbocycles. The zero-order valence-corrected chi connectivity index (χ0v) is 11.5. The fourth-order valence-electron chi connectivity index (χ4n) is 2.35. The molecule has 0 atom stereocenters. The predicted octanol–water partition coefficient (Wildman–Crippen LogP) is 3.78. The van der Waals surface area contributed by atoms with Crippen molar-refractivity contribution >= 4 is 12.0 Å². The number of rotatable bonds is 3. The summed E-state index contributed by atoms with van der Waals surface area (Å²) in [7, 11) is 0. The summed E-state index contributed by atoms with van der Waals surface area (Å²) in [4.78, 5) is 12.0. The fraction of sp³-hybridized carbons (Fsp3) is 0.438. The lowest BCUT2D eigenvalue weighted by molar-refractivity contribution is -0.119. The van der Waals surface area contributed by atoms with E-state index < -0.39 is 5.92 Å². The van der Waals surface area contributed by atoms with Crippen LogP contribution in [0.3, 0.4) is 0 Å². The molecular weight excluding hydrogens is 260 g/mol. The smallest absolute Gasteiger partial charge is 0.248 e. The molecule has 1 aromatic rings. The number of carbonyl (C=O) groups excluding carboxylic acids is 1. The van der Waals surface area contributed by atoms with Gasteiger partial charge in [0.25, 0.3) is 0 Å². The Bertz CT molecular complexity index is 486. The van der Waals surface area contributed by atoms with Gasteiger partial charge in [-0.05, 0) is 31.4 Å². The van der Waals surface area contributed by atoms with Crippen molar-refractivity contribution in [2.24, 2.45) is 0 Å². The summed E-state index contributed by atoms with van der Waals surface area (Å²) in [6.45, 7) is 1.74. The van der Waals surface area contributed by atoms with Crippen LogP contribution in [-0.4, -0.2) is 17.9 Å². The van der Waals surface area contributed by atoms with Gasteiger partial charge >= 0.3 is 0 Å². The van der Waals surface area contributed by atoms with Crippen molar-refractivity contribution in [2.75, 3.05) is 0 Å².